The molecule has 3 N–H and O–H groups in total. The summed E-state index contributed by atoms with van der Waals surface area (Å²) in [7, 11) is 0. The second-order valence-electron chi connectivity index (χ2n) is 8.32. The van der Waals surface area contributed by atoms with E-state index in [1.54, 1.807) is 4.90 Å². The zero-order valence-corrected chi connectivity index (χ0v) is 19.2. The number of aliphatic hydroxyl groups excluding tert-OH is 1. The first-order chi connectivity index (χ1) is 14.7. The molecule has 0 aliphatic heterocycles. The van der Waals surface area contributed by atoms with Crippen molar-refractivity contribution in [2.75, 3.05) is 30.3 Å². The van der Waals surface area contributed by atoms with Gasteiger partial charge in [-0.3, -0.25) is 10.1 Å². The number of thiophene rings is 1. The number of likely N-dealkylation sites (N-methyl/N-ethyl adjacent to an activating group) is 1. The third-order valence-corrected chi connectivity index (χ3v) is 6.48. The molecule has 0 unspecified atom stereocenters. The van der Waals surface area contributed by atoms with E-state index in [4.69, 9.17) is 0 Å². The van der Waals surface area contributed by atoms with Gasteiger partial charge in [0.25, 0.3) is 5.91 Å². The first kappa shape index (κ1) is 22.8. The maximum Gasteiger partial charge on any atom is 0.324 e. The van der Waals surface area contributed by atoms with Crippen LogP contribution in [0.2, 0.25) is 0 Å². The summed E-state index contributed by atoms with van der Waals surface area (Å²) in [5.74, 6) is -0.205. The predicted molar refractivity (Wildman–Crippen MR) is 128 cm³/mol. The molecule has 1 aromatic heterocycles. The quantitative estimate of drug-likeness (QED) is 0.488. The van der Waals surface area contributed by atoms with E-state index in [0.29, 0.717) is 22.8 Å². The van der Waals surface area contributed by atoms with Crippen LogP contribution in [0.5, 0.6) is 0 Å². The van der Waals surface area contributed by atoms with Crippen molar-refractivity contribution >= 4 is 44.7 Å². The average Bonchev–Trinajstić information content (AvgIpc) is 3.16. The van der Waals surface area contributed by atoms with Crippen LogP contribution in [0.15, 0.2) is 48.5 Å². The highest BCUT2D eigenvalue weighted by Crippen LogP contribution is 2.37. The minimum Gasteiger partial charge on any atom is -0.395 e. The summed E-state index contributed by atoms with van der Waals surface area (Å²) in [5.41, 5.74) is 0.976. The fraction of sp³-hybridized carbons (Fsp3) is 0.333. The Morgan fingerprint density at radius 2 is 1.77 bits per heavy atom. The molecule has 0 atom stereocenters. The molecule has 164 valence electrons. The first-order valence-electron chi connectivity index (χ1n) is 10.3. The highest BCUT2D eigenvalue weighted by atomic mass is 32.1. The molecule has 6 nitrogen and oxygen atoms in total. The summed E-state index contributed by atoms with van der Waals surface area (Å²) < 4.78 is 0. The lowest BCUT2D eigenvalue weighted by Crippen LogP contribution is -2.33. The highest BCUT2D eigenvalue weighted by molar-refractivity contribution is 7.16. The van der Waals surface area contributed by atoms with Gasteiger partial charge in [0.15, 0.2) is 0 Å². The van der Waals surface area contributed by atoms with E-state index in [9.17, 15) is 14.7 Å². The molecule has 7 heteroatoms. The van der Waals surface area contributed by atoms with Crippen LogP contribution in [-0.2, 0) is 5.41 Å². The van der Waals surface area contributed by atoms with Crippen LogP contribution in [0.25, 0.3) is 10.8 Å². The van der Waals surface area contributed by atoms with Crippen molar-refractivity contribution in [3.8, 4) is 0 Å². The zero-order valence-electron chi connectivity index (χ0n) is 18.4. The Morgan fingerprint density at radius 1 is 1.06 bits per heavy atom. The molecule has 2 aromatic carbocycles. The molecule has 0 bridgehead atoms. The molecule has 0 radical (unpaired) electrons. The van der Waals surface area contributed by atoms with E-state index in [-0.39, 0.29) is 24.5 Å². The summed E-state index contributed by atoms with van der Waals surface area (Å²) in [4.78, 5) is 28.5. The second-order valence-corrected chi connectivity index (χ2v) is 9.37. The van der Waals surface area contributed by atoms with Gasteiger partial charge in [0.2, 0.25) is 0 Å². The molecular formula is C24H29N3O3S. The predicted octanol–water partition coefficient (Wildman–Crippen LogP) is 5.30. The van der Waals surface area contributed by atoms with Crippen molar-refractivity contribution in [2.24, 2.45) is 0 Å². The largest absolute Gasteiger partial charge is 0.395 e. The van der Waals surface area contributed by atoms with Crippen molar-refractivity contribution in [3.05, 3.63) is 59.0 Å². The van der Waals surface area contributed by atoms with E-state index in [1.165, 1.54) is 11.3 Å². The molecule has 0 spiro atoms. The number of nitrogens with one attached hydrogen (secondary N) is 2. The van der Waals surface area contributed by atoms with Crippen molar-refractivity contribution < 1.29 is 14.7 Å². The number of hydrogen-bond donors (Lipinski definition) is 3. The second kappa shape index (κ2) is 9.49. The van der Waals surface area contributed by atoms with E-state index in [0.717, 1.165) is 15.6 Å². The molecule has 0 aliphatic carbocycles. The highest BCUT2D eigenvalue weighted by Gasteiger charge is 2.26. The Hall–Kier alpha value is -2.90. The van der Waals surface area contributed by atoms with Gasteiger partial charge < -0.3 is 15.3 Å². The molecule has 0 saturated carbocycles. The Balaban J connectivity index is 1.89. The standard InChI is InChI=1S/C24H29N3O3S/c1-5-27(13-14-28)22(29)18-15-20(24(2,3)4)31-21(18)26-23(30)25-19-12-8-10-16-9-6-7-11-17(16)19/h6-12,15,28H,5,13-14H2,1-4H3,(H2,25,26,30). The molecule has 3 amide bonds. The van der Waals surface area contributed by atoms with Crippen LogP contribution in [0.3, 0.4) is 0 Å². The maximum atomic E-state index is 13.1. The molecular weight excluding hydrogens is 410 g/mol. The van der Waals surface area contributed by atoms with Gasteiger partial charge in [0.05, 0.1) is 17.9 Å². The molecule has 3 aromatic rings. The molecule has 0 saturated heterocycles. The molecule has 3 rings (SSSR count). The minimum absolute atomic E-state index is 0.111. The van der Waals surface area contributed by atoms with E-state index in [2.05, 4.69) is 31.4 Å². The van der Waals surface area contributed by atoms with Gasteiger partial charge in [-0.25, -0.2) is 4.79 Å². The number of benzene rings is 2. The molecule has 0 fully saturated rings. The number of urea groups is 1. The Labute approximate surface area is 186 Å². The van der Waals surface area contributed by atoms with Crippen LogP contribution < -0.4 is 10.6 Å². The van der Waals surface area contributed by atoms with E-state index in [1.807, 2.05) is 55.5 Å². The van der Waals surface area contributed by atoms with Gasteiger partial charge in [-0.1, -0.05) is 57.2 Å². The SMILES string of the molecule is CCN(CCO)C(=O)c1cc(C(C)(C)C)sc1NC(=O)Nc1cccc2ccccc12. The lowest BCUT2D eigenvalue weighted by molar-refractivity contribution is 0.0733. The van der Waals surface area contributed by atoms with E-state index >= 15 is 0 Å². The number of nitrogens with zero attached hydrogens (tertiary/aromatic N) is 1. The van der Waals surface area contributed by atoms with Gasteiger partial charge in [-0.2, -0.15) is 0 Å². The van der Waals surface area contributed by atoms with Crippen LogP contribution in [-0.4, -0.2) is 41.6 Å². The number of hydrogen-bond acceptors (Lipinski definition) is 4. The van der Waals surface area contributed by atoms with Crippen LogP contribution in [0, 0.1) is 0 Å². The number of anilines is 2. The third-order valence-electron chi connectivity index (χ3n) is 5.01. The van der Waals surface area contributed by atoms with Crippen LogP contribution in [0.1, 0.15) is 42.9 Å². The lowest BCUT2D eigenvalue weighted by atomic mass is 9.94. The van der Waals surface area contributed by atoms with Gasteiger partial charge in [0.1, 0.15) is 5.00 Å². The summed E-state index contributed by atoms with van der Waals surface area (Å²) in [6.07, 6.45) is 0. The molecule has 1 heterocycles. The van der Waals surface area contributed by atoms with Gasteiger partial charge in [-0.15, -0.1) is 11.3 Å². The molecule has 0 aliphatic rings. The van der Waals surface area contributed by atoms with Crippen molar-refractivity contribution in [3.63, 3.8) is 0 Å². The first-order valence-corrected chi connectivity index (χ1v) is 11.2. The fourth-order valence-electron chi connectivity index (χ4n) is 3.30. The monoisotopic (exact) mass is 439 g/mol. The van der Waals surface area contributed by atoms with Gasteiger partial charge >= 0.3 is 6.03 Å². The van der Waals surface area contributed by atoms with Crippen LogP contribution in [0.4, 0.5) is 15.5 Å². The topological polar surface area (TPSA) is 81.7 Å². The Kier molecular flexibility index (Phi) is 6.97. The number of carbonyl (C=O) groups is 2. The number of rotatable bonds is 6. The van der Waals surface area contributed by atoms with Crippen molar-refractivity contribution in [2.45, 2.75) is 33.1 Å². The summed E-state index contributed by atoms with van der Waals surface area (Å²) >= 11 is 1.40. The Morgan fingerprint density at radius 3 is 2.45 bits per heavy atom. The molecule has 31 heavy (non-hydrogen) atoms. The lowest BCUT2D eigenvalue weighted by Gasteiger charge is -2.20. The number of carbonyl (C=O) groups excluding carboxylic acids is 2. The third kappa shape index (κ3) is 5.24. The summed E-state index contributed by atoms with van der Waals surface area (Å²) in [6.45, 7) is 8.68. The number of aliphatic hydroxyl groups is 1. The van der Waals surface area contributed by atoms with Crippen molar-refractivity contribution in [1.29, 1.82) is 0 Å². The number of fused-ring (bicyclic) bond motifs is 1. The zero-order chi connectivity index (χ0) is 22.6. The maximum absolute atomic E-state index is 13.1. The smallest absolute Gasteiger partial charge is 0.324 e. The van der Waals surface area contributed by atoms with Gasteiger partial charge in [0, 0.05) is 23.4 Å². The Bertz CT molecular complexity index is 1080. The van der Waals surface area contributed by atoms with Crippen molar-refractivity contribution in [1.82, 2.24) is 4.90 Å². The fourth-order valence-corrected chi connectivity index (χ4v) is 4.40. The van der Waals surface area contributed by atoms with E-state index < -0.39 is 6.03 Å². The minimum atomic E-state index is -0.405. The summed E-state index contributed by atoms with van der Waals surface area (Å²) in [5, 5.41) is 17.6. The number of amides is 3. The summed E-state index contributed by atoms with van der Waals surface area (Å²) in [6, 6.07) is 15.0. The normalized spacial score (nSPS) is 11.4. The van der Waals surface area contributed by atoms with Crippen LogP contribution >= 0.6 is 11.3 Å². The van der Waals surface area contributed by atoms with Gasteiger partial charge in [-0.05, 0) is 29.9 Å². The average molecular weight is 440 g/mol.